The molecule has 0 saturated heterocycles. The monoisotopic (exact) mass is 486 g/mol. The lowest BCUT2D eigenvalue weighted by atomic mass is 9.35. The van der Waals surface area contributed by atoms with Gasteiger partial charge in [0.15, 0.2) is 0 Å². The van der Waals surface area contributed by atoms with E-state index in [0.717, 1.165) is 37.0 Å². The number of hydrogen-bond acceptors (Lipinski definition) is 2. The summed E-state index contributed by atoms with van der Waals surface area (Å²) in [5.41, 5.74) is 2.35. The van der Waals surface area contributed by atoms with Gasteiger partial charge in [-0.25, -0.2) is 0 Å². The van der Waals surface area contributed by atoms with Gasteiger partial charge in [0, 0.05) is 7.11 Å². The molecule has 4 saturated carbocycles. The third-order valence-electron chi connectivity index (χ3n) is 13.4. The average molecular weight is 487 g/mol. The Morgan fingerprint density at radius 2 is 1.60 bits per heavy atom. The Labute approximate surface area is 218 Å². The Morgan fingerprint density at radius 1 is 0.914 bits per heavy atom. The number of aliphatic hydroxyl groups is 1. The van der Waals surface area contributed by atoms with Gasteiger partial charge in [0.25, 0.3) is 0 Å². The van der Waals surface area contributed by atoms with E-state index >= 15 is 0 Å². The number of unbranched alkanes of at least 4 members (excludes halogenated alkanes) is 1. The highest BCUT2D eigenvalue weighted by Crippen LogP contribution is 2.76. The van der Waals surface area contributed by atoms with Gasteiger partial charge in [-0.15, -0.1) is 0 Å². The van der Waals surface area contributed by atoms with Gasteiger partial charge in [0.2, 0.25) is 0 Å². The first-order valence-electron chi connectivity index (χ1n) is 15.1. The number of fused-ring (bicyclic) bond motifs is 5. The molecule has 35 heavy (non-hydrogen) atoms. The minimum absolute atomic E-state index is 0.337. The second kappa shape index (κ2) is 9.44. The van der Waals surface area contributed by atoms with Crippen molar-refractivity contribution >= 4 is 0 Å². The number of rotatable bonds is 7. The SMILES string of the molecule is COCC(O)(CCCC=C(C)C)C1CCC2(C)C1CCC1C3(C)CCC(C)C(C)(C)C3CCC12C. The molecular formula is C33H58O2. The fourth-order valence-electron chi connectivity index (χ4n) is 11.0. The molecule has 4 rings (SSSR count). The molecule has 1 N–H and O–H groups in total. The van der Waals surface area contributed by atoms with Gasteiger partial charge in [0.1, 0.15) is 0 Å². The van der Waals surface area contributed by atoms with Crippen LogP contribution in [0.5, 0.6) is 0 Å². The zero-order valence-electron chi connectivity index (χ0n) is 24.8. The molecule has 0 spiro atoms. The predicted molar refractivity (Wildman–Crippen MR) is 148 cm³/mol. The van der Waals surface area contributed by atoms with E-state index in [1.165, 1.54) is 56.9 Å². The molecule has 202 valence electrons. The van der Waals surface area contributed by atoms with Crippen LogP contribution in [-0.2, 0) is 4.74 Å². The van der Waals surface area contributed by atoms with Gasteiger partial charge in [-0.2, -0.15) is 0 Å². The maximum atomic E-state index is 12.1. The van der Waals surface area contributed by atoms with Gasteiger partial charge in [-0.1, -0.05) is 53.2 Å². The summed E-state index contributed by atoms with van der Waals surface area (Å²) >= 11 is 0. The fraction of sp³-hybridized carbons (Fsp3) is 0.939. The van der Waals surface area contributed by atoms with E-state index < -0.39 is 5.60 Å². The van der Waals surface area contributed by atoms with E-state index in [4.69, 9.17) is 4.74 Å². The maximum Gasteiger partial charge on any atom is 0.0910 e. The zero-order valence-corrected chi connectivity index (χ0v) is 24.8. The summed E-state index contributed by atoms with van der Waals surface area (Å²) < 4.78 is 5.70. The largest absolute Gasteiger partial charge is 0.387 e. The predicted octanol–water partition coefficient (Wildman–Crippen LogP) is 8.82. The molecule has 4 fully saturated rings. The minimum Gasteiger partial charge on any atom is -0.387 e. The standard InChI is InChI=1S/C33H58O2/c1-23(2)12-10-11-18-33(34,22-35-9)26-16-20-31(7)25(26)13-14-28-30(6)19-15-24(3)29(4,5)27(30)17-21-32(28,31)8/h12,24-28,34H,10-11,13-22H2,1-9H3. The summed E-state index contributed by atoms with van der Waals surface area (Å²) in [4.78, 5) is 0. The molecule has 0 heterocycles. The third-order valence-corrected chi connectivity index (χ3v) is 13.4. The van der Waals surface area contributed by atoms with Gasteiger partial charge in [-0.3, -0.25) is 0 Å². The van der Waals surface area contributed by atoms with Crippen molar-refractivity contribution in [2.75, 3.05) is 13.7 Å². The number of allylic oxidation sites excluding steroid dienone is 2. The van der Waals surface area contributed by atoms with Crippen LogP contribution in [0.4, 0.5) is 0 Å². The first kappa shape index (κ1) is 27.7. The molecule has 0 aromatic rings. The van der Waals surface area contributed by atoms with E-state index in [9.17, 15) is 5.11 Å². The Hall–Kier alpha value is -0.340. The fourth-order valence-corrected chi connectivity index (χ4v) is 11.0. The van der Waals surface area contributed by atoms with E-state index in [-0.39, 0.29) is 0 Å². The second-order valence-electron chi connectivity index (χ2n) is 15.3. The van der Waals surface area contributed by atoms with E-state index in [1.807, 2.05) is 0 Å². The van der Waals surface area contributed by atoms with Crippen LogP contribution in [0.1, 0.15) is 126 Å². The van der Waals surface area contributed by atoms with Crippen LogP contribution >= 0.6 is 0 Å². The Balaban J connectivity index is 1.60. The molecule has 2 heteroatoms. The first-order valence-corrected chi connectivity index (χ1v) is 15.1. The summed E-state index contributed by atoms with van der Waals surface area (Å²) in [6, 6.07) is 0. The van der Waals surface area contributed by atoms with Gasteiger partial charge in [0.05, 0.1) is 12.2 Å². The van der Waals surface area contributed by atoms with Gasteiger partial charge < -0.3 is 9.84 Å². The third kappa shape index (κ3) is 4.20. The van der Waals surface area contributed by atoms with Crippen molar-refractivity contribution in [3.8, 4) is 0 Å². The van der Waals surface area contributed by atoms with Crippen LogP contribution in [-0.4, -0.2) is 24.4 Å². The second-order valence-corrected chi connectivity index (χ2v) is 15.3. The van der Waals surface area contributed by atoms with Crippen LogP contribution in [0, 0.1) is 51.2 Å². The van der Waals surface area contributed by atoms with Crippen molar-refractivity contribution in [2.24, 2.45) is 51.2 Å². The lowest BCUT2D eigenvalue weighted by Gasteiger charge is -2.70. The van der Waals surface area contributed by atoms with Crippen molar-refractivity contribution in [2.45, 2.75) is 132 Å². The number of ether oxygens (including phenoxy) is 1. The quantitative estimate of drug-likeness (QED) is 0.288. The lowest BCUT2D eigenvalue weighted by Crippen LogP contribution is -2.63. The molecule has 4 aliphatic carbocycles. The van der Waals surface area contributed by atoms with Crippen molar-refractivity contribution in [3.63, 3.8) is 0 Å². The molecule has 4 aliphatic rings. The summed E-state index contributed by atoms with van der Waals surface area (Å²) in [6.45, 7) is 20.6. The van der Waals surface area contributed by atoms with Gasteiger partial charge >= 0.3 is 0 Å². The summed E-state index contributed by atoms with van der Waals surface area (Å²) in [5.74, 6) is 3.53. The van der Waals surface area contributed by atoms with E-state index in [2.05, 4.69) is 61.5 Å². The van der Waals surface area contributed by atoms with Crippen molar-refractivity contribution in [1.29, 1.82) is 0 Å². The molecular weight excluding hydrogens is 428 g/mol. The number of methoxy groups -OCH3 is 1. The summed E-state index contributed by atoms with van der Waals surface area (Å²) in [7, 11) is 1.78. The smallest absolute Gasteiger partial charge is 0.0910 e. The zero-order chi connectivity index (χ0) is 25.9. The summed E-state index contributed by atoms with van der Waals surface area (Å²) in [6.07, 6.45) is 16.1. The lowest BCUT2D eigenvalue weighted by molar-refractivity contribution is -0.218. The highest BCUT2D eigenvalue weighted by atomic mass is 16.5. The minimum atomic E-state index is -0.681. The van der Waals surface area contributed by atoms with Crippen molar-refractivity contribution in [1.82, 2.24) is 0 Å². The molecule has 2 nitrogen and oxygen atoms in total. The number of hydrogen-bond donors (Lipinski definition) is 1. The van der Waals surface area contributed by atoms with Gasteiger partial charge in [-0.05, 0) is 136 Å². The molecule has 0 aromatic carbocycles. The molecule has 9 unspecified atom stereocenters. The van der Waals surface area contributed by atoms with E-state index in [1.54, 1.807) is 7.11 Å². The van der Waals surface area contributed by atoms with Crippen molar-refractivity contribution < 1.29 is 9.84 Å². The molecule has 0 aliphatic heterocycles. The van der Waals surface area contributed by atoms with E-state index in [0.29, 0.717) is 40.1 Å². The first-order chi connectivity index (χ1) is 16.3. The Kier molecular flexibility index (Phi) is 7.47. The molecule has 9 atom stereocenters. The Morgan fingerprint density at radius 3 is 2.26 bits per heavy atom. The molecule has 0 amide bonds. The van der Waals surface area contributed by atoms with Crippen LogP contribution in [0.25, 0.3) is 0 Å². The summed E-state index contributed by atoms with van der Waals surface area (Å²) in [5, 5.41) is 12.1. The molecule has 0 radical (unpaired) electrons. The highest BCUT2D eigenvalue weighted by molar-refractivity contribution is 5.18. The van der Waals surface area contributed by atoms with Crippen LogP contribution in [0.2, 0.25) is 0 Å². The average Bonchev–Trinajstić information content (AvgIpc) is 3.13. The van der Waals surface area contributed by atoms with Crippen LogP contribution in [0.15, 0.2) is 11.6 Å². The molecule has 0 aromatic heterocycles. The normalized spacial score (nSPS) is 46.2. The van der Waals surface area contributed by atoms with Crippen LogP contribution < -0.4 is 0 Å². The van der Waals surface area contributed by atoms with Crippen LogP contribution in [0.3, 0.4) is 0 Å². The molecule has 0 bridgehead atoms. The van der Waals surface area contributed by atoms with Crippen molar-refractivity contribution in [3.05, 3.63) is 11.6 Å². The topological polar surface area (TPSA) is 29.5 Å². The maximum absolute atomic E-state index is 12.1. The Bertz CT molecular complexity index is 795. The highest BCUT2D eigenvalue weighted by Gasteiger charge is 2.69.